The number of benzene rings is 2. The van der Waals surface area contributed by atoms with Gasteiger partial charge in [0.05, 0.1) is 0 Å². The van der Waals surface area contributed by atoms with Gasteiger partial charge in [-0.05, 0) is 48.0 Å². The Hall–Kier alpha value is -2.44. The summed E-state index contributed by atoms with van der Waals surface area (Å²) < 4.78 is 12.8. The van der Waals surface area contributed by atoms with Crippen molar-refractivity contribution in [2.45, 2.75) is 0 Å². The van der Waals surface area contributed by atoms with E-state index in [0.29, 0.717) is 16.1 Å². The normalized spacial score (nSPS) is 10.9. The van der Waals surface area contributed by atoms with Crippen LogP contribution >= 0.6 is 11.6 Å². The second-order valence-electron chi connectivity index (χ2n) is 4.06. The Bertz CT molecular complexity index is 697. The van der Waals surface area contributed by atoms with Crippen LogP contribution in [-0.2, 0) is 0 Å². The lowest BCUT2D eigenvalue weighted by Crippen LogP contribution is -2.01. The van der Waals surface area contributed by atoms with Crippen LogP contribution in [0.2, 0.25) is 5.02 Å². The minimum Gasteiger partial charge on any atom is -0.288 e. The summed E-state index contributed by atoms with van der Waals surface area (Å²) in [6.45, 7) is 0. The summed E-state index contributed by atoms with van der Waals surface area (Å²) in [5, 5.41) is 9.61. The third kappa shape index (κ3) is 3.31. The average Bonchev–Trinajstić information content (AvgIpc) is 2.47. The molecule has 0 bridgehead atoms. The molecule has 2 aromatic rings. The van der Waals surface area contributed by atoms with Crippen LogP contribution in [0.1, 0.15) is 15.9 Å². The van der Waals surface area contributed by atoms with E-state index in [4.69, 9.17) is 16.9 Å². The molecule has 0 aromatic heterocycles. The zero-order valence-electron chi connectivity index (χ0n) is 10.3. The Morgan fingerprint density at radius 1 is 1.10 bits per heavy atom. The molecule has 0 atom stereocenters. The SMILES string of the molecule is N#C/C(=C\c1ccc(F)cc1)C(=O)c1ccc(Cl)cc1. The average molecular weight is 286 g/mol. The van der Waals surface area contributed by atoms with Crippen molar-refractivity contribution in [1.29, 1.82) is 5.26 Å². The van der Waals surface area contributed by atoms with Gasteiger partial charge in [0.2, 0.25) is 5.78 Å². The Balaban J connectivity index is 2.32. The van der Waals surface area contributed by atoms with Gasteiger partial charge in [-0.25, -0.2) is 4.39 Å². The lowest BCUT2D eigenvalue weighted by atomic mass is 10.0. The molecule has 4 heteroatoms. The Kier molecular flexibility index (Phi) is 4.29. The van der Waals surface area contributed by atoms with Crippen LogP contribution in [0.15, 0.2) is 54.1 Å². The van der Waals surface area contributed by atoms with Crippen molar-refractivity contribution >= 4 is 23.5 Å². The molecule has 0 unspecified atom stereocenters. The molecule has 98 valence electrons. The van der Waals surface area contributed by atoms with Crippen LogP contribution in [-0.4, -0.2) is 5.78 Å². The molecule has 0 saturated carbocycles. The largest absolute Gasteiger partial charge is 0.288 e. The molecule has 0 aliphatic heterocycles. The minimum atomic E-state index is -0.395. The van der Waals surface area contributed by atoms with Gasteiger partial charge >= 0.3 is 0 Å². The minimum absolute atomic E-state index is 0.0149. The standard InChI is InChI=1S/C16H9ClFNO/c17-14-5-3-12(4-6-14)16(20)13(10-19)9-11-1-7-15(18)8-2-11/h1-9H/b13-9+. The van der Waals surface area contributed by atoms with Gasteiger partial charge in [-0.15, -0.1) is 0 Å². The quantitative estimate of drug-likeness (QED) is 0.480. The van der Waals surface area contributed by atoms with E-state index in [0.717, 1.165) is 0 Å². The maximum Gasteiger partial charge on any atom is 0.203 e. The summed E-state index contributed by atoms with van der Waals surface area (Å²) >= 11 is 5.75. The van der Waals surface area contributed by atoms with Crippen LogP contribution in [0.25, 0.3) is 6.08 Å². The number of nitriles is 1. The molecule has 2 nitrogen and oxygen atoms in total. The van der Waals surface area contributed by atoms with Crippen LogP contribution < -0.4 is 0 Å². The first kappa shape index (κ1) is 14.0. The van der Waals surface area contributed by atoms with E-state index < -0.39 is 5.78 Å². The van der Waals surface area contributed by atoms with Gasteiger partial charge in [0.25, 0.3) is 0 Å². The third-order valence-electron chi connectivity index (χ3n) is 2.65. The molecule has 0 heterocycles. The zero-order chi connectivity index (χ0) is 14.5. The Labute approximate surface area is 120 Å². The molecule has 0 radical (unpaired) electrons. The van der Waals surface area contributed by atoms with Crippen molar-refractivity contribution in [2.75, 3.05) is 0 Å². The maximum absolute atomic E-state index is 12.8. The molecule has 20 heavy (non-hydrogen) atoms. The number of hydrogen-bond acceptors (Lipinski definition) is 2. The van der Waals surface area contributed by atoms with Gasteiger partial charge in [0.1, 0.15) is 17.5 Å². The predicted molar refractivity (Wildman–Crippen MR) is 75.8 cm³/mol. The lowest BCUT2D eigenvalue weighted by molar-refractivity contribution is 0.104. The summed E-state index contributed by atoms with van der Waals surface area (Å²) in [7, 11) is 0. The number of nitrogens with zero attached hydrogens (tertiary/aromatic N) is 1. The molecule has 0 spiro atoms. The van der Waals surface area contributed by atoms with Crippen LogP contribution in [0.4, 0.5) is 4.39 Å². The highest BCUT2D eigenvalue weighted by molar-refractivity contribution is 6.30. The summed E-state index contributed by atoms with van der Waals surface area (Å²) in [5.41, 5.74) is 0.952. The molecule has 0 aliphatic rings. The Morgan fingerprint density at radius 3 is 2.25 bits per heavy atom. The fourth-order valence-corrected chi connectivity index (χ4v) is 1.76. The van der Waals surface area contributed by atoms with Crippen molar-refractivity contribution in [1.82, 2.24) is 0 Å². The first-order valence-electron chi connectivity index (χ1n) is 5.78. The number of allylic oxidation sites excluding steroid dienone is 1. The molecule has 0 amide bonds. The molecule has 0 saturated heterocycles. The number of rotatable bonds is 3. The highest BCUT2D eigenvalue weighted by atomic mass is 35.5. The van der Waals surface area contributed by atoms with Gasteiger partial charge in [-0.3, -0.25) is 4.79 Å². The second-order valence-corrected chi connectivity index (χ2v) is 4.49. The van der Waals surface area contributed by atoms with E-state index in [9.17, 15) is 9.18 Å². The van der Waals surface area contributed by atoms with Crippen molar-refractivity contribution in [3.05, 3.63) is 76.1 Å². The van der Waals surface area contributed by atoms with Gasteiger partial charge in [0, 0.05) is 10.6 Å². The first-order valence-corrected chi connectivity index (χ1v) is 6.15. The van der Waals surface area contributed by atoms with Crippen LogP contribution in [0.5, 0.6) is 0 Å². The zero-order valence-corrected chi connectivity index (χ0v) is 11.1. The molecular weight excluding hydrogens is 277 g/mol. The van der Waals surface area contributed by atoms with E-state index in [1.54, 1.807) is 24.3 Å². The van der Waals surface area contributed by atoms with Gasteiger partial charge < -0.3 is 0 Å². The summed E-state index contributed by atoms with van der Waals surface area (Å²) in [6, 6.07) is 13.7. The van der Waals surface area contributed by atoms with Gasteiger partial charge in [-0.2, -0.15) is 5.26 Å². The van der Waals surface area contributed by atoms with Crippen molar-refractivity contribution in [2.24, 2.45) is 0 Å². The van der Waals surface area contributed by atoms with E-state index in [-0.39, 0.29) is 11.4 Å². The van der Waals surface area contributed by atoms with Gasteiger partial charge in [-0.1, -0.05) is 23.7 Å². The molecule has 0 fully saturated rings. The lowest BCUT2D eigenvalue weighted by Gasteiger charge is -2.00. The van der Waals surface area contributed by atoms with E-state index in [1.165, 1.54) is 30.3 Å². The first-order chi connectivity index (χ1) is 9.60. The monoisotopic (exact) mass is 285 g/mol. The highest BCUT2D eigenvalue weighted by Gasteiger charge is 2.11. The van der Waals surface area contributed by atoms with Crippen molar-refractivity contribution in [3.63, 3.8) is 0 Å². The summed E-state index contributed by atoms with van der Waals surface area (Å²) in [5.74, 6) is -0.766. The number of Topliss-reactive ketones (excluding diaryl/α,β-unsaturated/α-hetero) is 1. The number of carbonyl (C=O) groups is 1. The topological polar surface area (TPSA) is 40.9 Å². The molecule has 0 aliphatic carbocycles. The number of hydrogen-bond donors (Lipinski definition) is 0. The third-order valence-corrected chi connectivity index (χ3v) is 2.90. The van der Waals surface area contributed by atoms with E-state index >= 15 is 0 Å². The summed E-state index contributed by atoms with van der Waals surface area (Å²) in [6.07, 6.45) is 1.43. The van der Waals surface area contributed by atoms with Crippen LogP contribution in [0, 0.1) is 17.1 Å². The Morgan fingerprint density at radius 2 is 1.70 bits per heavy atom. The maximum atomic E-state index is 12.8. The highest BCUT2D eigenvalue weighted by Crippen LogP contribution is 2.15. The molecule has 2 aromatic carbocycles. The molecule has 2 rings (SSSR count). The van der Waals surface area contributed by atoms with Crippen molar-refractivity contribution in [3.8, 4) is 6.07 Å². The molecule has 0 N–H and O–H groups in total. The smallest absolute Gasteiger partial charge is 0.203 e. The van der Waals surface area contributed by atoms with Gasteiger partial charge in [0.15, 0.2) is 0 Å². The summed E-state index contributed by atoms with van der Waals surface area (Å²) in [4.78, 5) is 12.2. The van der Waals surface area contributed by atoms with E-state index in [1.807, 2.05) is 6.07 Å². The fraction of sp³-hybridized carbons (Fsp3) is 0. The number of halogens is 2. The molecular formula is C16H9ClFNO. The second kappa shape index (κ2) is 6.14. The van der Waals surface area contributed by atoms with Crippen molar-refractivity contribution < 1.29 is 9.18 Å². The van der Waals surface area contributed by atoms with E-state index in [2.05, 4.69) is 0 Å². The van der Waals surface area contributed by atoms with Crippen LogP contribution in [0.3, 0.4) is 0 Å². The fourth-order valence-electron chi connectivity index (χ4n) is 1.63. The number of carbonyl (C=O) groups excluding carboxylic acids is 1. The number of ketones is 1. The predicted octanol–water partition coefficient (Wildman–Crippen LogP) is 4.27.